The van der Waals surface area contributed by atoms with Gasteiger partial charge in [-0.25, -0.2) is 4.79 Å². The minimum Gasteiger partial charge on any atom is -0.333 e. The number of amides is 2. The van der Waals surface area contributed by atoms with Crippen LogP contribution in [0.3, 0.4) is 0 Å². The van der Waals surface area contributed by atoms with E-state index in [0.717, 1.165) is 52.1 Å². The first-order valence-electron chi connectivity index (χ1n) is 12.1. The van der Waals surface area contributed by atoms with E-state index in [4.69, 9.17) is 0 Å². The fraction of sp³-hybridized carbons (Fsp3) is 0.538. The lowest BCUT2D eigenvalue weighted by molar-refractivity contribution is 0.0720. The lowest BCUT2D eigenvalue weighted by Crippen LogP contribution is -2.55. The molecule has 1 saturated carbocycles. The molecule has 2 saturated heterocycles. The second-order valence-corrected chi connectivity index (χ2v) is 9.39. The highest BCUT2D eigenvalue weighted by molar-refractivity contribution is 5.77. The average Bonchev–Trinajstić information content (AvgIpc) is 3.15. The Morgan fingerprint density at radius 2 is 1.74 bits per heavy atom. The van der Waals surface area contributed by atoms with Crippen LogP contribution < -0.4 is 5.32 Å². The van der Waals surface area contributed by atoms with Crippen molar-refractivity contribution in [3.63, 3.8) is 0 Å². The molecule has 3 fully saturated rings. The molecule has 1 aromatic rings. The number of benzene rings is 1. The number of carbonyl (C=O) groups is 1. The monoisotopic (exact) mass is 419 g/mol. The zero-order valence-electron chi connectivity index (χ0n) is 18.5. The molecule has 5 heteroatoms. The summed E-state index contributed by atoms with van der Waals surface area (Å²) in [7, 11) is 0. The molecule has 165 valence electrons. The Morgan fingerprint density at radius 3 is 2.52 bits per heavy atom. The highest BCUT2D eigenvalue weighted by atomic mass is 16.2. The van der Waals surface area contributed by atoms with Crippen LogP contribution in [0.2, 0.25) is 0 Å². The Morgan fingerprint density at radius 1 is 0.935 bits per heavy atom. The van der Waals surface area contributed by atoms with E-state index in [2.05, 4.69) is 81.1 Å². The van der Waals surface area contributed by atoms with Crippen LogP contribution in [0.5, 0.6) is 0 Å². The Hall–Kier alpha value is -2.11. The molecular formula is C26H35N4O. The Labute approximate surface area is 186 Å². The van der Waals surface area contributed by atoms with Gasteiger partial charge in [0.05, 0.1) is 17.6 Å². The van der Waals surface area contributed by atoms with Gasteiger partial charge in [0.1, 0.15) is 0 Å². The first-order chi connectivity index (χ1) is 15.3. The van der Waals surface area contributed by atoms with Crippen LogP contribution in [-0.2, 0) is 5.54 Å². The van der Waals surface area contributed by atoms with Crippen molar-refractivity contribution in [2.75, 3.05) is 39.3 Å². The first kappa shape index (κ1) is 20.8. The predicted octanol–water partition coefficient (Wildman–Crippen LogP) is 3.56. The van der Waals surface area contributed by atoms with Crippen molar-refractivity contribution in [3.8, 4) is 0 Å². The zero-order chi connectivity index (χ0) is 21.1. The molecule has 3 unspecified atom stereocenters. The number of allylic oxidation sites excluding steroid dienone is 2. The minimum atomic E-state index is -0.133. The first-order valence-corrected chi connectivity index (χ1v) is 12.1. The number of urea groups is 1. The van der Waals surface area contributed by atoms with Gasteiger partial charge >= 0.3 is 6.03 Å². The smallest absolute Gasteiger partial charge is 0.318 e. The standard InChI is InChI=1S/C26H35N4O/c31-25-27-23-12-5-6-13-24(23)30(25)17-9-16-28-18-20-29(21-19-28)26(14-7-2-8-15-26)22-10-3-1-4-11-22/h1-4,7-8,10-11,14-15,23-24H,5-6,9,12-13,16-21H2,(H,27,31). The van der Waals surface area contributed by atoms with Crippen molar-refractivity contribution in [2.24, 2.45) is 0 Å². The van der Waals surface area contributed by atoms with Crippen molar-refractivity contribution >= 4 is 6.03 Å². The van der Waals surface area contributed by atoms with Crippen molar-refractivity contribution < 1.29 is 4.79 Å². The van der Waals surface area contributed by atoms with Gasteiger partial charge in [0.2, 0.25) is 0 Å². The summed E-state index contributed by atoms with van der Waals surface area (Å²) in [4.78, 5) is 19.7. The molecule has 3 atom stereocenters. The molecule has 4 aliphatic rings. The maximum Gasteiger partial charge on any atom is 0.318 e. The second-order valence-electron chi connectivity index (χ2n) is 9.39. The summed E-state index contributed by atoms with van der Waals surface area (Å²) in [5, 5.41) is 3.21. The average molecular weight is 420 g/mol. The summed E-state index contributed by atoms with van der Waals surface area (Å²) in [5.74, 6) is 0. The molecule has 1 aromatic carbocycles. The Kier molecular flexibility index (Phi) is 6.15. The van der Waals surface area contributed by atoms with E-state index < -0.39 is 0 Å². The third-order valence-corrected chi connectivity index (χ3v) is 7.63. The van der Waals surface area contributed by atoms with E-state index in [0.29, 0.717) is 12.1 Å². The lowest BCUT2D eigenvalue weighted by atomic mass is 9.81. The molecule has 0 spiro atoms. The van der Waals surface area contributed by atoms with Crippen molar-refractivity contribution in [3.05, 3.63) is 66.6 Å². The number of nitrogens with one attached hydrogen (secondary N) is 1. The highest BCUT2D eigenvalue weighted by Crippen LogP contribution is 2.36. The van der Waals surface area contributed by atoms with E-state index in [-0.39, 0.29) is 11.6 Å². The van der Waals surface area contributed by atoms with Gasteiger partial charge in [-0.1, -0.05) is 67.5 Å². The number of nitrogens with zero attached hydrogens (tertiary/aromatic N) is 3. The molecule has 1 N–H and O–H groups in total. The second kappa shape index (κ2) is 9.17. The van der Waals surface area contributed by atoms with Crippen molar-refractivity contribution in [1.29, 1.82) is 0 Å². The lowest BCUT2D eigenvalue weighted by Gasteiger charge is -2.47. The molecule has 31 heavy (non-hydrogen) atoms. The summed E-state index contributed by atoms with van der Waals surface area (Å²) in [6.07, 6.45) is 17.1. The predicted molar refractivity (Wildman–Crippen MR) is 125 cm³/mol. The van der Waals surface area contributed by atoms with Crippen molar-refractivity contribution in [1.82, 2.24) is 20.0 Å². The SMILES string of the molecule is O=C1NC2CCCCC2N1CCCN1CCN(C2(c3ccccc3)[CH]C=CC=C2)CC1. The molecule has 0 aromatic heterocycles. The molecule has 0 bridgehead atoms. The number of hydrogen-bond donors (Lipinski definition) is 1. The highest BCUT2D eigenvalue weighted by Gasteiger charge is 2.40. The molecule has 5 rings (SSSR count). The van der Waals surface area contributed by atoms with Crippen LogP contribution in [0.25, 0.3) is 0 Å². The van der Waals surface area contributed by atoms with Gasteiger partial charge in [-0.2, -0.15) is 0 Å². The van der Waals surface area contributed by atoms with E-state index in [1.807, 2.05) is 0 Å². The molecule has 2 aliphatic carbocycles. The quantitative estimate of drug-likeness (QED) is 0.766. The van der Waals surface area contributed by atoms with Crippen molar-refractivity contribution in [2.45, 2.75) is 49.7 Å². The Bertz CT molecular complexity index is 814. The maximum atomic E-state index is 12.4. The normalized spacial score (nSPS) is 31.6. The van der Waals surface area contributed by atoms with Gasteiger partial charge in [0.25, 0.3) is 0 Å². The molecule has 1 radical (unpaired) electrons. The number of piperazine rings is 1. The number of rotatable bonds is 6. The molecular weight excluding hydrogens is 384 g/mol. The van der Waals surface area contributed by atoms with E-state index in [1.54, 1.807) is 0 Å². The molecule has 5 nitrogen and oxygen atoms in total. The summed E-state index contributed by atoms with van der Waals surface area (Å²) in [5.41, 5.74) is 1.21. The molecule has 2 amide bonds. The van der Waals surface area contributed by atoms with E-state index in [9.17, 15) is 4.79 Å². The van der Waals surface area contributed by atoms with Crippen LogP contribution >= 0.6 is 0 Å². The van der Waals surface area contributed by atoms with Gasteiger partial charge in [-0.3, -0.25) is 4.90 Å². The molecule has 2 aliphatic heterocycles. The summed E-state index contributed by atoms with van der Waals surface area (Å²) < 4.78 is 0. The van der Waals surface area contributed by atoms with Gasteiger partial charge in [0, 0.05) is 39.1 Å². The zero-order valence-corrected chi connectivity index (χ0v) is 18.5. The number of fused-ring (bicyclic) bond motifs is 1. The van der Waals surface area contributed by atoms with Crippen LogP contribution in [0, 0.1) is 6.42 Å². The van der Waals surface area contributed by atoms with Crippen LogP contribution in [0.4, 0.5) is 4.79 Å². The van der Waals surface area contributed by atoms with Crippen LogP contribution in [-0.4, -0.2) is 72.1 Å². The number of carbonyl (C=O) groups excluding carboxylic acids is 1. The largest absolute Gasteiger partial charge is 0.333 e. The van der Waals surface area contributed by atoms with Crippen LogP contribution in [0.15, 0.2) is 54.6 Å². The van der Waals surface area contributed by atoms with Gasteiger partial charge in [-0.15, -0.1) is 0 Å². The minimum absolute atomic E-state index is 0.133. The summed E-state index contributed by atoms with van der Waals surface area (Å²) >= 11 is 0. The molecule has 2 heterocycles. The van der Waals surface area contributed by atoms with E-state index >= 15 is 0 Å². The fourth-order valence-electron chi connectivity index (χ4n) is 5.93. The third-order valence-electron chi connectivity index (χ3n) is 7.63. The Balaban J connectivity index is 1.14. The van der Waals surface area contributed by atoms with Gasteiger partial charge in [0.15, 0.2) is 0 Å². The summed E-state index contributed by atoms with van der Waals surface area (Å²) in [6, 6.07) is 11.8. The van der Waals surface area contributed by atoms with Gasteiger partial charge < -0.3 is 15.1 Å². The van der Waals surface area contributed by atoms with E-state index in [1.165, 1.54) is 24.8 Å². The fourth-order valence-corrected chi connectivity index (χ4v) is 5.93. The topological polar surface area (TPSA) is 38.8 Å². The summed E-state index contributed by atoms with van der Waals surface area (Å²) in [6.45, 7) is 6.24. The van der Waals surface area contributed by atoms with Crippen LogP contribution in [0.1, 0.15) is 37.7 Å². The number of hydrogen-bond acceptors (Lipinski definition) is 3. The van der Waals surface area contributed by atoms with Gasteiger partial charge in [-0.05, 0) is 31.4 Å². The maximum absolute atomic E-state index is 12.4. The third kappa shape index (κ3) is 4.18.